The number of carbonyl (C=O) groups is 2. The van der Waals surface area contributed by atoms with Crippen molar-refractivity contribution in [2.45, 2.75) is 6.42 Å². The summed E-state index contributed by atoms with van der Waals surface area (Å²) in [6.07, 6.45) is 1.97. The minimum absolute atomic E-state index is 0.0411. The van der Waals surface area contributed by atoms with Gasteiger partial charge >= 0.3 is 5.97 Å². The summed E-state index contributed by atoms with van der Waals surface area (Å²) in [6.45, 7) is 0.624. The summed E-state index contributed by atoms with van der Waals surface area (Å²) in [5, 5.41) is 9.82. The highest BCUT2D eigenvalue weighted by Crippen LogP contribution is 2.20. The molecule has 2 heterocycles. The predicted molar refractivity (Wildman–Crippen MR) is 73.2 cm³/mol. The number of nitrogens with zero attached hydrogens (tertiary/aromatic N) is 2. The third kappa shape index (κ3) is 2.22. The molecule has 0 unspecified atom stereocenters. The van der Waals surface area contributed by atoms with Crippen molar-refractivity contribution in [3.8, 4) is 0 Å². The summed E-state index contributed by atoms with van der Waals surface area (Å²) in [5.41, 5.74) is 1.71. The number of hydrogen-bond donors (Lipinski definition) is 1. The van der Waals surface area contributed by atoms with Crippen LogP contribution in [0.5, 0.6) is 0 Å². The molecule has 1 N–H and O–H groups in total. The van der Waals surface area contributed by atoms with Crippen molar-refractivity contribution in [2.24, 2.45) is 5.92 Å². The van der Waals surface area contributed by atoms with Crippen molar-refractivity contribution < 1.29 is 14.7 Å². The molecule has 0 bridgehead atoms. The highest BCUT2D eigenvalue weighted by Gasteiger charge is 2.35. The maximum atomic E-state index is 12.1. The van der Waals surface area contributed by atoms with Gasteiger partial charge in [0.25, 0.3) is 0 Å². The first-order chi connectivity index (χ1) is 9.65. The first kappa shape index (κ1) is 12.6. The Morgan fingerprint density at radius 2 is 2.00 bits per heavy atom. The highest BCUT2D eigenvalue weighted by molar-refractivity contribution is 5.88. The first-order valence-electron chi connectivity index (χ1n) is 6.48. The second kappa shape index (κ2) is 4.92. The highest BCUT2D eigenvalue weighted by atomic mass is 16.4. The lowest BCUT2D eigenvalue weighted by Gasteiger charge is -2.36. The fourth-order valence-electron chi connectivity index (χ4n) is 2.42. The molecule has 0 radical (unpaired) electrons. The van der Waals surface area contributed by atoms with Crippen LogP contribution in [-0.4, -0.2) is 40.0 Å². The van der Waals surface area contributed by atoms with Gasteiger partial charge in [-0.25, -0.2) is 0 Å². The lowest BCUT2D eigenvalue weighted by atomic mass is 9.98. The number of rotatable bonds is 3. The zero-order chi connectivity index (χ0) is 14.1. The molecule has 102 valence electrons. The summed E-state index contributed by atoms with van der Waals surface area (Å²) in [5.74, 6) is -1.29. The number of aliphatic carboxylic acids is 1. The molecule has 3 rings (SSSR count). The zero-order valence-corrected chi connectivity index (χ0v) is 10.8. The predicted octanol–water partition coefficient (Wildman–Crippen LogP) is 1.32. The van der Waals surface area contributed by atoms with Crippen LogP contribution in [0.2, 0.25) is 0 Å². The molecule has 1 amide bonds. The van der Waals surface area contributed by atoms with Gasteiger partial charge in [-0.05, 0) is 11.6 Å². The lowest BCUT2D eigenvalue weighted by Crippen LogP contribution is -2.53. The van der Waals surface area contributed by atoms with Gasteiger partial charge in [-0.3, -0.25) is 14.6 Å². The molecule has 1 aliphatic heterocycles. The normalized spacial score (nSPS) is 15.1. The molecular formula is C15H14N2O3. The second-order valence-electron chi connectivity index (χ2n) is 5.00. The van der Waals surface area contributed by atoms with Gasteiger partial charge in [0.15, 0.2) is 0 Å². The van der Waals surface area contributed by atoms with Gasteiger partial charge in [-0.1, -0.05) is 24.3 Å². The molecular weight excluding hydrogens is 256 g/mol. The third-order valence-electron chi connectivity index (χ3n) is 3.64. The largest absolute Gasteiger partial charge is 0.481 e. The van der Waals surface area contributed by atoms with E-state index in [1.165, 1.54) is 0 Å². The molecule has 0 spiro atoms. The van der Waals surface area contributed by atoms with Crippen LogP contribution in [-0.2, 0) is 16.0 Å². The molecule has 1 fully saturated rings. The van der Waals surface area contributed by atoms with Crippen LogP contribution in [0.15, 0.2) is 36.5 Å². The Morgan fingerprint density at radius 1 is 1.25 bits per heavy atom. The standard InChI is InChI=1S/C15H14N2O3/c18-13(17-8-12(9-17)15(19)20)7-11-4-1-3-10-5-2-6-16-14(10)11/h1-6,12H,7-9H2,(H,19,20). The van der Waals surface area contributed by atoms with Crippen molar-refractivity contribution in [1.29, 1.82) is 0 Å². The zero-order valence-electron chi connectivity index (χ0n) is 10.8. The van der Waals surface area contributed by atoms with Gasteiger partial charge in [0.1, 0.15) is 0 Å². The number of carboxylic acid groups (broad SMARTS) is 1. The van der Waals surface area contributed by atoms with Crippen LogP contribution in [0, 0.1) is 5.92 Å². The van der Waals surface area contributed by atoms with Crippen molar-refractivity contribution in [2.75, 3.05) is 13.1 Å². The molecule has 1 aliphatic rings. The molecule has 2 aromatic rings. The topological polar surface area (TPSA) is 70.5 Å². The number of benzene rings is 1. The van der Waals surface area contributed by atoms with E-state index in [-0.39, 0.29) is 12.3 Å². The fraction of sp³-hybridized carbons (Fsp3) is 0.267. The molecule has 20 heavy (non-hydrogen) atoms. The number of likely N-dealkylation sites (tertiary alicyclic amines) is 1. The summed E-state index contributed by atoms with van der Waals surface area (Å²) in [7, 11) is 0. The van der Waals surface area contributed by atoms with Crippen molar-refractivity contribution in [1.82, 2.24) is 9.88 Å². The Balaban J connectivity index is 1.74. The third-order valence-corrected chi connectivity index (χ3v) is 3.64. The van der Waals surface area contributed by atoms with Crippen LogP contribution < -0.4 is 0 Å². The average Bonchev–Trinajstić information content (AvgIpc) is 2.37. The molecule has 0 aliphatic carbocycles. The Labute approximate surface area is 115 Å². The monoisotopic (exact) mass is 270 g/mol. The van der Waals surface area contributed by atoms with Crippen molar-refractivity contribution in [3.05, 3.63) is 42.1 Å². The van der Waals surface area contributed by atoms with Gasteiger partial charge in [0, 0.05) is 24.7 Å². The van der Waals surface area contributed by atoms with Crippen LogP contribution in [0.25, 0.3) is 10.9 Å². The molecule has 5 heteroatoms. The molecule has 1 aromatic heterocycles. The maximum absolute atomic E-state index is 12.1. The van der Waals surface area contributed by atoms with Gasteiger partial charge in [0.05, 0.1) is 17.9 Å². The number of amides is 1. The molecule has 5 nitrogen and oxygen atoms in total. The Morgan fingerprint density at radius 3 is 2.75 bits per heavy atom. The number of aromatic nitrogens is 1. The van der Waals surface area contributed by atoms with Gasteiger partial charge in [0.2, 0.25) is 5.91 Å². The van der Waals surface area contributed by atoms with Crippen LogP contribution in [0.3, 0.4) is 0 Å². The van der Waals surface area contributed by atoms with E-state index in [4.69, 9.17) is 5.11 Å². The number of carbonyl (C=O) groups excluding carboxylic acids is 1. The summed E-state index contributed by atoms with van der Waals surface area (Å²) in [6, 6.07) is 9.58. The van der Waals surface area contributed by atoms with Gasteiger partial charge < -0.3 is 10.0 Å². The maximum Gasteiger partial charge on any atom is 0.310 e. The number of hydrogen-bond acceptors (Lipinski definition) is 3. The van der Waals surface area contributed by atoms with E-state index in [2.05, 4.69) is 4.98 Å². The molecule has 1 aromatic carbocycles. The number of carboxylic acids is 1. The fourth-order valence-corrected chi connectivity index (χ4v) is 2.42. The van der Waals surface area contributed by atoms with Crippen molar-refractivity contribution >= 4 is 22.8 Å². The average molecular weight is 270 g/mol. The SMILES string of the molecule is O=C(O)C1CN(C(=O)Cc2cccc3cccnc23)C1. The quantitative estimate of drug-likeness (QED) is 0.913. The molecule has 1 saturated heterocycles. The summed E-state index contributed by atoms with van der Waals surface area (Å²) < 4.78 is 0. The van der Waals surface area contributed by atoms with E-state index in [1.807, 2.05) is 30.3 Å². The van der Waals surface area contributed by atoms with E-state index in [0.717, 1.165) is 16.5 Å². The van der Waals surface area contributed by atoms with Crippen LogP contribution >= 0.6 is 0 Å². The van der Waals surface area contributed by atoms with E-state index < -0.39 is 11.9 Å². The second-order valence-corrected chi connectivity index (χ2v) is 5.00. The minimum Gasteiger partial charge on any atom is -0.481 e. The van der Waals surface area contributed by atoms with Gasteiger partial charge in [-0.15, -0.1) is 0 Å². The summed E-state index contributed by atoms with van der Waals surface area (Å²) in [4.78, 5) is 28.7. The van der Waals surface area contributed by atoms with Crippen LogP contribution in [0.4, 0.5) is 0 Å². The lowest BCUT2D eigenvalue weighted by molar-refractivity contribution is -0.152. The minimum atomic E-state index is -0.833. The van der Waals surface area contributed by atoms with Crippen molar-refractivity contribution in [3.63, 3.8) is 0 Å². The number of para-hydroxylation sites is 1. The van der Waals surface area contributed by atoms with E-state index in [1.54, 1.807) is 11.1 Å². The van der Waals surface area contributed by atoms with E-state index >= 15 is 0 Å². The Bertz CT molecular complexity index is 672. The Hall–Kier alpha value is -2.43. The van der Waals surface area contributed by atoms with Gasteiger partial charge in [-0.2, -0.15) is 0 Å². The first-order valence-corrected chi connectivity index (χ1v) is 6.48. The number of fused-ring (bicyclic) bond motifs is 1. The van der Waals surface area contributed by atoms with Crippen LogP contribution in [0.1, 0.15) is 5.56 Å². The molecule has 0 atom stereocenters. The molecule has 0 saturated carbocycles. The summed E-state index contributed by atoms with van der Waals surface area (Å²) >= 11 is 0. The number of pyridine rings is 1. The Kier molecular flexibility index (Phi) is 3.10. The van der Waals surface area contributed by atoms with E-state index in [0.29, 0.717) is 13.1 Å². The van der Waals surface area contributed by atoms with E-state index in [9.17, 15) is 9.59 Å². The smallest absolute Gasteiger partial charge is 0.310 e.